The molecule has 0 saturated carbocycles. The Morgan fingerprint density at radius 2 is 1.73 bits per heavy atom. The van der Waals surface area contributed by atoms with E-state index in [0.717, 1.165) is 41.7 Å². The minimum atomic E-state index is -0.0679. The zero-order valence-corrected chi connectivity index (χ0v) is 14.5. The maximum absolute atomic E-state index is 12.3. The van der Waals surface area contributed by atoms with Gasteiger partial charge in [-0.15, -0.1) is 0 Å². The molecule has 1 aliphatic heterocycles. The first-order chi connectivity index (χ1) is 10.6. The molecule has 1 N–H and O–H groups in total. The molecule has 0 spiro atoms. The molecule has 1 heterocycles. The van der Waals surface area contributed by atoms with Crippen LogP contribution in [0.15, 0.2) is 12.1 Å². The van der Waals surface area contributed by atoms with E-state index < -0.39 is 0 Å². The number of hydrogen-bond acceptors (Lipinski definition) is 4. The SMILES string of the molecule is COc1cc(NC(=O)N2CCSCC2)cc(OC)c1C(C)C. The van der Waals surface area contributed by atoms with Gasteiger partial charge in [-0.25, -0.2) is 4.79 Å². The summed E-state index contributed by atoms with van der Waals surface area (Å²) < 4.78 is 10.9. The average Bonchev–Trinajstić information content (AvgIpc) is 2.54. The van der Waals surface area contributed by atoms with Crippen molar-refractivity contribution >= 4 is 23.5 Å². The van der Waals surface area contributed by atoms with Crippen LogP contribution in [0.1, 0.15) is 25.3 Å². The summed E-state index contributed by atoms with van der Waals surface area (Å²) in [5.41, 5.74) is 1.71. The van der Waals surface area contributed by atoms with Crippen LogP contribution in [0.3, 0.4) is 0 Å². The highest BCUT2D eigenvalue weighted by Crippen LogP contribution is 2.38. The van der Waals surface area contributed by atoms with Crippen LogP contribution in [0.25, 0.3) is 0 Å². The summed E-state index contributed by atoms with van der Waals surface area (Å²) in [6.45, 7) is 5.75. The fourth-order valence-corrected chi connectivity index (χ4v) is 3.45. The monoisotopic (exact) mass is 324 g/mol. The van der Waals surface area contributed by atoms with Crippen LogP contribution >= 0.6 is 11.8 Å². The second kappa shape index (κ2) is 7.63. The number of benzene rings is 1. The van der Waals surface area contributed by atoms with Gasteiger partial charge in [-0.3, -0.25) is 0 Å². The quantitative estimate of drug-likeness (QED) is 0.922. The fraction of sp³-hybridized carbons (Fsp3) is 0.562. The van der Waals surface area contributed by atoms with Gasteiger partial charge >= 0.3 is 6.03 Å². The largest absolute Gasteiger partial charge is 0.496 e. The van der Waals surface area contributed by atoms with E-state index in [9.17, 15) is 4.79 Å². The molecule has 0 aliphatic carbocycles. The zero-order valence-electron chi connectivity index (χ0n) is 13.6. The van der Waals surface area contributed by atoms with Gasteiger partial charge in [0.2, 0.25) is 0 Å². The number of ether oxygens (including phenoxy) is 2. The molecule has 1 aromatic rings. The second-order valence-electron chi connectivity index (χ2n) is 5.48. The first kappa shape index (κ1) is 16.8. The lowest BCUT2D eigenvalue weighted by molar-refractivity contribution is 0.217. The third-order valence-corrected chi connectivity index (χ3v) is 4.61. The highest BCUT2D eigenvalue weighted by Gasteiger charge is 2.19. The predicted molar refractivity (Wildman–Crippen MR) is 91.6 cm³/mol. The van der Waals surface area contributed by atoms with E-state index in [1.54, 1.807) is 14.2 Å². The Balaban J connectivity index is 2.22. The minimum Gasteiger partial charge on any atom is -0.496 e. The number of thioether (sulfide) groups is 1. The number of amides is 2. The molecule has 1 fully saturated rings. The van der Waals surface area contributed by atoms with E-state index in [1.807, 2.05) is 28.8 Å². The average molecular weight is 324 g/mol. The Bertz CT molecular complexity index is 503. The van der Waals surface area contributed by atoms with Crippen molar-refractivity contribution in [2.75, 3.05) is 44.1 Å². The van der Waals surface area contributed by atoms with Crippen molar-refractivity contribution in [3.63, 3.8) is 0 Å². The molecule has 2 rings (SSSR count). The number of nitrogens with zero attached hydrogens (tertiary/aromatic N) is 1. The number of rotatable bonds is 4. The van der Waals surface area contributed by atoms with E-state index in [-0.39, 0.29) is 11.9 Å². The normalized spacial score (nSPS) is 14.9. The molecule has 6 heteroatoms. The van der Waals surface area contributed by atoms with Crippen molar-refractivity contribution in [3.05, 3.63) is 17.7 Å². The van der Waals surface area contributed by atoms with Crippen molar-refractivity contribution in [2.24, 2.45) is 0 Å². The molecule has 1 aliphatic rings. The van der Waals surface area contributed by atoms with Crippen molar-refractivity contribution < 1.29 is 14.3 Å². The van der Waals surface area contributed by atoms with Gasteiger partial charge in [0.25, 0.3) is 0 Å². The van der Waals surface area contributed by atoms with E-state index in [2.05, 4.69) is 19.2 Å². The smallest absolute Gasteiger partial charge is 0.321 e. The third kappa shape index (κ3) is 3.80. The summed E-state index contributed by atoms with van der Waals surface area (Å²) in [5, 5.41) is 2.94. The molecule has 0 bridgehead atoms. The lowest BCUT2D eigenvalue weighted by Crippen LogP contribution is -2.40. The second-order valence-corrected chi connectivity index (χ2v) is 6.70. The van der Waals surface area contributed by atoms with Crippen molar-refractivity contribution in [2.45, 2.75) is 19.8 Å². The van der Waals surface area contributed by atoms with E-state index >= 15 is 0 Å². The zero-order chi connectivity index (χ0) is 16.1. The lowest BCUT2D eigenvalue weighted by Gasteiger charge is -2.27. The van der Waals surface area contributed by atoms with Crippen molar-refractivity contribution in [3.8, 4) is 11.5 Å². The van der Waals surface area contributed by atoms with Gasteiger partial charge in [0.05, 0.1) is 14.2 Å². The molecule has 5 nitrogen and oxygen atoms in total. The molecule has 0 aromatic heterocycles. The number of urea groups is 1. The summed E-state index contributed by atoms with van der Waals surface area (Å²) >= 11 is 1.88. The van der Waals surface area contributed by atoms with Crippen molar-refractivity contribution in [1.82, 2.24) is 4.90 Å². The van der Waals surface area contributed by atoms with E-state index in [1.165, 1.54) is 0 Å². The van der Waals surface area contributed by atoms with Gasteiger partial charge in [0.15, 0.2) is 0 Å². The molecular weight excluding hydrogens is 300 g/mol. The molecule has 22 heavy (non-hydrogen) atoms. The molecular formula is C16H24N2O3S. The van der Waals surface area contributed by atoms with Crippen LogP contribution in [0.2, 0.25) is 0 Å². The summed E-state index contributed by atoms with van der Waals surface area (Å²) in [4.78, 5) is 14.1. The molecule has 1 saturated heterocycles. The number of hydrogen-bond donors (Lipinski definition) is 1. The Morgan fingerprint density at radius 1 is 1.18 bits per heavy atom. The topological polar surface area (TPSA) is 50.8 Å². The van der Waals surface area contributed by atoms with Gasteiger partial charge in [-0.05, 0) is 5.92 Å². The first-order valence-electron chi connectivity index (χ1n) is 7.46. The number of methoxy groups -OCH3 is 2. The van der Waals surface area contributed by atoms with Gasteiger partial charge in [0, 0.05) is 48.0 Å². The molecule has 122 valence electrons. The third-order valence-electron chi connectivity index (χ3n) is 3.67. The highest BCUT2D eigenvalue weighted by atomic mass is 32.2. The molecule has 0 unspecified atom stereocenters. The Labute approximate surface area is 136 Å². The summed E-state index contributed by atoms with van der Waals surface area (Å²) in [5.74, 6) is 3.73. The van der Waals surface area contributed by atoms with Gasteiger partial charge in [-0.2, -0.15) is 11.8 Å². The van der Waals surface area contributed by atoms with Crippen molar-refractivity contribution in [1.29, 1.82) is 0 Å². The van der Waals surface area contributed by atoms with Crippen LogP contribution in [0.4, 0.5) is 10.5 Å². The van der Waals surface area contributed by atoms with E-state index in [4.69, 9.17) is 9.47 Å². The molecule has 0 atom stereocenters. The van der Waals surface area contributed by atoms with Crippen LogP contribution in [-0.4, -0.2) is 49.7 Å². The lowest BCUT2D eigenvalue weighted by atomic mass is 10.00. The standard InChI is InChI=1S/C16H24N2O3S/c1-11(2)15-13(20-3)9-12(10-14(15)21-4)17-16(19)18-5-7-22-8-6-18/h9-11H,5-8H2,1-4H3,(H,17,19). The summed E-state index contributed by atoms with van der Waals surface area (Å²) in [6, 6.07) is 3.64. The molecule has 2 amide bonds. The van der Waals surface area contributed by atoms with E-state index in [0.29, 0.717) is 5.69 Å². The number of anilines is 1. The Morgan fingerprint density at radius 3 is 2.18 bits per heavy atom. The van der Waals surface area contributed by atoms with Gasteiger partial charge in [-0.1, -0.05) is 13.8 Å². The maximum atomic E-state index is 12.3. The minimum absolute atomic E-state index is 0.0679. The summed E-state index contributed by atoms with van der Waals surface area (Å²) in [6.07, 6.45) is 0. The predicted octanol–water partition coefficient (Wildman–Crippen LogP) is 3.41. The summed E-state index contributed by atoms with van der Waals surface area (Å²) in [7, 11) is 3.27. The molecule has 1 aromatic carbocycles. The fourth-order valence-electron chi connectivity index (χ4n) is 2.55. The number of nitrogens with one attached hydrogen (secondary N) is 1. The van der Waals surface area contributed by atoms with Crippen LogP contribution < -0.4 is 14.8 Å². The Kier molecular flexibility index (Phi) is 5.83. The van der Waals surface area contributed by atoms with Crippen LogP contribution in [0, 0.1) is 0 Å². The van der Waals surface area contributed by atoms with Gasteiger partial charge in [0.1, 0.15) is 11.5 Å². The van der Waals surface area contributed by atoms with Crippen LogP contribution in [0.5, 0.6) is 11.5 Å². The number of carbonyl (C=O) groups excluding carboxylic acids is 1. The van der Waals surface area contributed by atoms with Crippen LogP contribution in [-0.2, 0) is 0 Å². The Hall–Kier alpha value is -1.56. The maximum Gasteiger partial charge on any atom is 0.321 e. The number of carbonyl (C=O) groups is 1. The van der Waals surface area contributed by atoms with Gasteiger partial charge < -0.3 is 19.7 Å². The highest BCUT2D eigenvalue weighted by molar-refractivity contribution is 7.99. The first-order valence-corrected chi connectivity index (χ1v) is 8.62. The molecule has 0 radical (unpaired) electrons.